The van der Waals surface area contributed by atoms with Crippen LogP contribution in [0.15, 0.2) is 0 Å². The van der Waals surface area contributed by atoms with Crippen LogP contribution >= 0.6 is 34.9 Å². The number of alkyl halides is 3. The fourth-order valence-corrected chi connectivity index (χ4v) is 5.35. The van der Waals surface area contributed by atoms with E-state index in [-0.39, 0.29) is 10.3 Å². The SMILES string of the molecule is O=C(O)c1sc(C2CSCCS2)nc1C(F)(F)F. The number of hydrogen-bond donors (Lipinski definition) is 1. The average Bonchev–Trinajstić information content (AvgIpc) is 2.74. The van der Waals surface area contributed by atoms with Crippen molar-refractivity contribution in [3.05, 3.63) is 15.6 Å². The molecule has 1 aliphatic rings. The number of aromatic nitrogens is 1. The summed E-state index contributed by atoms with van der Waals surface area (Å²) < 4.78 is 38.0. The molecule has 9 heteroatoms. The summed E-state index contributed by atoms with van der Waals surface area (Å²) in [6.45, 7) is 0. The Morgan fingerprint density at radius 3 is 2.56 bits per heavy atom. The van der Waals surface area contributed by atoms with Gasteiger partial charge in [-0.2, -0.15) is 24.9 Å². The molecule has 1 unspecified atom stereocenters. The van der Waals surface area contributed by atoms with Crippen LogP contribution in [0.3, 0.4) is 0 Å². The van der Waals surface area contributed by atoms with Gasteiger partial charge in [-0.15, -0.1) is 23.1 Å². The van der Waals surface area contributed by atoms with Crippen molar-refractivity contribution < 1.29 is 23.1 Å². The Labute approximate surface area is 113 Å². The van der Waals surface area contributed by atoms with Gasteiger partial charge in [-0.3, -0.25) is 0 Å². The molecule has 1 fully saturated rings. The Balaban J connectivity index is 2.35. The Hall–Kier alpha value is -0.410. The summed E-state index contributed by atoms with van der Waals surface area (Å²) in [5.41, 5.74) is -1.27. The zero-order chi connectivity index (χ0) is 13.3. The highest BCUT2D eigenvalue weighted by Gasteiger charge is 2.40. The summed E-state index contributed by atoms with van der Waals surface area (Å²) in [6.07, 6.45) is -4.71. The van der Waals surface area contributed by atoms with E-state index < -0.39 is 22.7 Å². The van der Waals surface area contributed by atoms with Gasteiger partial charge in [-0.1, -0.05) is 0 Å². The number of carboxylic acids is 1. The fraction of sp³-hybridized carbons (Fsp3) is 0.556. The number of aromatic carboxylic acids is 1. The van der Waals surface area contributed by atoms with Crippen molar-refractivity contribution in [2.24, 2.45) is 0 Å². The molecule has 1 aromatic heterocycles. The van der Waals surface area contributed by atoms with Crippen LogP contribution < -0.4 is 0 Å². The topological polar surface area (TPSA) is 50.2 Å². The first-order chi connectivity index (χ1) is 8.39. The predicted molar refractivity (Wildman–Crippen MR) is 66.6 cm³/mol. The molecule has 0 spiro atoms. The van der Waals surface area contributed by atoms with E-state index in [4.69, 9.17) is 5.11 Å². The van der Waals surface area contributed by atoms with Crippen LogP contribution in [0.5, 0.6) is 0 Å². The van der Waals surface area contributed by atoms with E-state index in [1.54, 1.807) is 11.8 Å². The molecule has 2 rings (SSSR count). The van der Waals surface area contributed by atoms with Crippen LogP contribution in [0.4, 0.5) is 13.2 Å². The Bertz CT molecular complexity index is 454. The largest absolute Gasteiger partial charge is 0.477 e. The molecule has 3 nitrogen and oxygen atoms in total. The lowest BCUT2D eigenvalue weighted by Gasteiger charge is -2.18. The van der Waals surface area contributed by atoms with E-state index in [1.807, 2.05) is 0 Å². The summed E-state index contributed by atoms with van der Waals surface area (Å²) in [5.74, 6) is 0.914. The number of hydrogen-bond acceptors (Lipinski definition) is 5. The number of thioether (sulfide) groups is 2. The van der Waals surface area contributed by atoms with Crippen LogP contribution in [0.25, 0.3) is 0 Å². The third-order valence-electron chi connectivity index (χ3n) is 2.20. The van der Waals surface area contributed by atoms with Crippen molar-refractivity contribution in [1.82, 2.24) is 4.98 Å². The standard InChI is InChI=1S/C9H8F3NO2S3/c10-9(11,12)6-5(8(14)15)18-7(13-6)4-3-16-1-2-17-4/h4H,1-3H2,(H,14,15). The molecule has 2 heterocycles. The smallest absolute Gasteiger partial charge is 0.435 e. The van der Waals surface area contributed by atoms with E-state index in [0.29, 0.717) is 17.1 Å². The van der Waals surface area contributed by atoms with Gasteiger partial charge in [0.1, 0.15) is 9.88 Å². The fourth-order valence-electron chi connectivity index (χ4n) is 1.44. The molecule has 1 saturated heterocycles. The van der Waals surface area contributed by atoms with Crippen molar-refractivity contribution in [1.29, 1.82) is 0 Å². The molecule has 1 aliphatic heterocycles. The van der Waals surface area contributed by atoms with Crippen molar-refractivity contribution in [2.75, 3.05) is 17.3 Å². The molecule has 0 bridgehead atoms. The van der Waals surface area contributed by atoms with Crippen LogP contribution in [0, 0.1) is 0 Å². The first kappa shape index (κ1) is 14.0. The first-order valence-corrected chi connectivity index (χ1v) is 7.92. The Kier molecular flexibility index (Phi) is 4.12. The van der Waals surface area contributed by atoms with Crippen LogP contribution in [0.2, 0.25) is 0 Å². The lowest BCUT2D eigenvalue weighted by Crippen LogP contribution is -2.12. The highest BCUT2D eigenvalue weighted by molar-refractivity contribution is 8.06. The highest BCUT2D eigenvalue weighted by Crippen LogP contribution is 2.42. The lowest BCUT2D eigenvalue weighted by molar-refractivity contribution is -0.141. The molecule has 0 radical (unpaired) electrons. The lowest BCUT2D eigenvalue weighted by atomic mass is 10.3. The predicted octanol–water partition coefficient (Wildman–Crippen LogP) is 3.38. The van der Waals surface area contributed by atoms with Crippen LogP contribution in [0.1, 0.15) is 25.6 Å². The minimum Gasteiger partial charge on any atom is -0.477 e. The second-order valence-corrected chi connectivity index (χ2v) is 6.96. The van der Waals surface area contributed by atoms with Gasteiger partial charge in [-0.05, 0) is 0 Å². The van der Waals surface area contributed by atoms with E-state index in [9.17, 15) is 18.0 Å². The van der Waals surface area contributed by atoms with Crippen LogP contribution in [-0.4, -0.2) is 33.3 Å². The number of carbonyl (C=O) groups is 1. The summed E-state index contributed by atoms with van der Waals surface area (Å²) in [5, 5.41) is 8.92. The van der Waals surface area contributed by atoms with E-state index in [1.165, 1.54) is 11.8 Å². The number of halogens is 3. The van der Waals surface area contributed by atoms with Crippen molar-refractivity contribution in [2.45, 2.75) is 11.4 Å². The van der Waals surface area contributed by atoms with E-state index in [0.717, 1.165) is 11.5 Å². The molecule has 1 N–H and O–H groups in total. The second kappa shape index (κ2) is 5.30. The van der Waals surface area contributed by atoms with Gasteiger partial charge in [0.15, 0.2) is 5.69 Å². The van der Waals surface area contributed by atoms with Crippen LogP contribution in [-0.2, 0) is 6.18 Å². The maximum atomic E-state index is 12.7. The molecule has 0 aromatic carbocycles. The van der Waals surface area contributed by atoms with Crippen molar-refractivity contribution >= 4 is 40.8 Å². The van der Waals surface area contributed by atoms with Crippen molar-refractivity contribution in [3.8, 4) is 0 Å². The molecule has 18 heavy (non-hydrogen) atoms. The van der Waals surface area contributed by atoms with E-state index in [2.05, 4.69) is 4.98 Å². The van der Waals surface area contributed by atoms with Gasteiger partial charge in [0.05, 0.1) is 5.25 Å². The van der Waals surface area contributed by atoms with Gasteiger partial charge in [0, 0.05) is 17.3 Å². The molecular weight excluding hydrogens is 307 g/mol. The monoisotopic (exact) mass is 315 g/mol. The van der Waals surface area contributed by atoms with Crippen molar-refractivity contribution in [3.63, 3.8) is 0 Å². The zero-order valence-corrected chi connectivity index (χ0v) is 11.3. The van der Waals surface area contributed by atoms with Gasteiger partial charge >= 0.3 is 12.1 Å². The summed E-state index contributed by atoms with van der Waals surface area (Å²) in [6, 6.07) is 0. The Morgan fingerprint density at radius 1 is 1.39 bits per heavy atom. The number of thiazole rings is 1. The maximum absolute atomic E-state index is 12.7. The number of carboxylic acid groups (broad SMARTS) is 1. The summed E-state index contributed by atoms with van der Waals surface area (Å²) >= 11 is 3.81. The van der Waals surface area contributed by atoms with Gasteiger partial charge in [0.25, 0.3) is 0 Å². The third-order valence-corrected chi connectivity index (χ3v) is 6.27. The third kappa shape index (κ3) is 2.94. The first-order valence-electron chi connectivity index (χ1n) is 4.90. The van der Waals surface area contributed by atoms with E-state index >= 15 is 0 Å². The Morgan fingerprint density at radius 2 is 2.11 bits per heavy atom. The minimum atomic E-state index is -4.71. The number of rotatable bonds is 2. The second-order valence-electron chi connectivity index (χ2n) is 3.47. The molecule has 0 saturated carbocycles. The number of nitrogens with zero attached hydrogens (tertiary/aromatic N) is 1. The quantitative estimate of drug-likeness (QED) is 0.906. The summed E-state index contributed by atoms with van der Waals surface area (Å²) in [4.78, 5) is 13.6. The molecule has 0 aliphatic carbocycles. The van der Waals surface area contributed by atoms with Gasteiger partial charge in [0.2, 0.25) is 0 Å². The summed E-state index contributed by atoms with van der Waals surface area (Å²) in [7, 11) is 0. The molecule has 1 atom stereocenters. The molecule has 1 aromatic rings. The molecular formula is C9H8F3NO2S3. The highest BCUT2D eigenvalue weighted by atomic mass is 32.2. The zero-order valence-electron chi connectivity index (χ0n) is 8.86. The maximum Gasteiger partial charge on any atom is 0.435 e. The van der Waals surface area contributed by atoms with Gasteiger partial charge < -0.3 is 5.11 Å². The minimum absolute atomic E-state index is 0.136. The average molecular weight is 315 g/mol. The normalized spacial score (nSPS) is 20.9. The molecule has 100 valence electrons. The van der Waals surface area contributed by atoms with Gasteiger partial charge in [-0.25, -0.2) is 9.78 Å². The molecule has 0 amide bonds.